The summed E-state index contributed by atoms with van der Waals surface area (Å²) < 4.78 is 5.79. The van der Waals surface area contributed by atoms with Gasteiger partial charge < -0.3 is 10.1 Å². The fraction of sp³-hybridized carbons (Fsp3) is 0.200. The molecule has 2 aromatic rings. The van der Waals surface area contributed by atoms with Crippen molar-refractivity contribution >= 4 is 5.69 Å². The molecule has 0 saturated carbocycles. The van der Waals surface area contributed by atoms with E-state index in [1.165, 1.54) is 16.8 Å². The number of ether oxygens (including phenoxy) is 1. The van der Waals surface area contributed by atoms with E-state index in [-0.39, 0.29) is 0 Å². The molecule has 2 aromatic carbocycles. The van der Waals surface area contributed by atoms with Crippen LogP contribution in [-0.4, -0.2) is 6.54 Å². The molecule has 1 N–H and O–H groups in total. The van der Waals surface area contributed by atoms with Crippen molar-refractivity contribution in [2.75, 3.05) is 11.9 Å². The van der Waals surface area contributed by atoms with E-state index in [4.69, 9.17) is 4.74 Å². The number of anilines is 1. The Balaban J connectivity index is 1.76. The molecule has 2 heteroatoms. The average Bonchev–Trinajstić information content (AvgIpc) is 2.86. The van der Waals surface area contributed by atoms with Crippen molar-refractivity contribution < 1.29 is 4.74 Å². The first-order valence-electron chi connectivity index (χ1n) is 5.96. The second-order valence-corrected chi connectivity index (χ2v) is 4.22. The molecule has 0 aromatic heterocycles. The van der Waals surface area contributed by atoms with Crippen LogP contribution in [-0.2, 0) is 13.0 Å². The molecular weight excluding hydrogens is 210 g/mol. The minimum Gasteiger partial charge on any atom is -0.489 e. The lowest BCUT2D eigenvalue weighted by Gasteiger charge is -2.09. The summed E-state index contributed by atoms with van der Waals surface area (Å²) in [7, 11) is 0. The monoisotopic (exact) mass is 225 g/mol. The van der Waals surface area contributed by atoms with Gasteiger partial charge in [-0.3, -0.25) is 0 Å². The summed E-state index contributed by atoms with van der Waals surface area (Å²) in [6.45, 7) is 1.69. The lowest BCUT2D eigenvalue weighted by atomic mass is 10.1. The number of hydrogen-bond acceptors (Lipinski definition) is 2. The van der Waals surface area contributed by atoms with Gasteiger partial charge in [0.1, 0.15) is 12.4 Å². The number of hydrogen-bond donors (Lipinski definition) is 1. The minimum atomic E-state index is 0.648. The molecule has 1 aliphatic heterocycles. The van der Waals surface area contributed by atoms with Gasteiger partial charge >= 0.3 is 0 Å². The SMILES string of the molecule is c1ccc(OCc2cccc3c2CCN3)cc1. The third kappa shape index (κ3) is 2.11. The molecule has 2 nitrogen and oxygen atoms in total. The Hall–Kier alpha value is -1.96. The topological polar surface area (TPSA) is 21.3 Å². The Morgan fingerprint density at radius 2 is 1.88 bits per heavy atom. The molecule has 17 heavy (non-hydrogen) atoms. The summed E-state index contributed by atoms with van der Waals surface area (Å²) in [6.07, 6.45) is 1.10. The van der Waals surface area contributed by atoms with Crippen molar-refractivity contribution in [1.82, 2.24) is 0 Å². The van der Waals surface area contributed by atoms with Gasteiger partial charge in [0, 0.05) is 12.2 Å². The van der Waals surface area contributed by atoms with Crippen LogP contribution in [0.3, 0.4) is 0 Å². The van der Waals surface area contributed by atoms with Gasteiger partial charge in [-0.05, 0) is 35.7 Å². The van der Waals surface area contributed by atoms with Crippen LogP contribution in [0.5, 0.6) is 5.75 Å². The molecule has 0 aliphatic carbocycles. The van der Waals surface area contributed by atoms with Gasteiger partial charge in [-0.1, -0.05) is 30.3 Å². The standard InChI is InChI=1S/C15H15NO/c1-2-6-13(7-3-1)17-11-12-5-4-8-15-14(12)9-10-16-15/h1-8,16H,9-11H2. The molecule has 1 heterocycles. The highest BCUT2D eigenvalue weighted by Gasteiger charge is 2.13. The summed E-state index contributed by atoms with van der Waals surface area (Å²) in [5.74, 6) is 0.927. The van der Waals surface area contributed by atoms with Gasteiger partial charge in [-0.2, -0.15) is 0 Å². The van der Waals surface area contributed by atoms with Gasteiger partial charge in [-0.25, -0.2) is 0 Å². The van der Waals surface area contributed by atoms with Crippen molar-refractivity contribution in [3.8, 4) is 5.75 Å². The van der Waals surface area contributed by atoms with Crippen molar-refractivity contribution in [2.24, 2.45) is 0 Å². The molecule has 0 atom stereocenters. The van der Waals surface area contributed by atoms with E-state index in [0.717, 1.165) is 18.7 Å². The molecule has 86 valence electrons. The molecule has 0 spiro atoms. The predicted octanol–water partition coefficient (Wildman–Crippen LogP) is 3.23. The van der Waals surface area contributed by atoms with Crippen LogP contribution in [0.25, 0.3) is 0 Å². The van der Waals surface area contributed by atoms with E-state index >= 15 is 0 Å². The quantitative estimate of drug-likeness (QED) is 0.865. The zero-order chi connectivity index (χ0) is 11.5. The first-order chi connectivity index (χ1) is 8.43. The van der Waals surface area contributed by atoms with Crippen LogP contribution < -0.4 is 10.1 Å². The van der Waals surface area contributed by atoms with Gasteiger partial charge in [0.25, 0.3) is 0 Å². The Morgan fingerprint density at radius 3 is 2.76 bits per heavy atom. The van der Waals surface area contributed by atoms with Crippen molar-refractivity contribution in [3.63, 3.8) is 0 Å². The zero-order valence-corrected chi connectivity index (χ0v) is 9.65. The van der Waals surface area contributed by atoms with Gasteiger partial charge in [0.05, 0.1) is 0 Å². The smallest absolute Gasteiger partial charge is 0.119 e. The van der Waals surface area contributed by atoms with E-state index in [9.17, 15) is 0 Å². The molecule has 0 bridgehead atoms. The molecule has 0 fully saturated rings. The summed E-state index contributed by atoms with van der Waals surface area (Å²) in [5.41, 5.74) is 3.96. The second kappa shape index (κ2) is 4.50. The van der Waals surface area contributed by atoms with Gasteiger partial charge in [0.15, 0.2) is 0 Å². The summed E-state index contributed by atoms with van der Waals surface area (Å²) in [4.78, 5) is 0. The Kier molecular flexibility index (Phi) is 2.70. The van der Waals surface area contributed by atoms with Crippen molar-refractivity contribution in [3.05, 3.63) is 59.7 Å². The molecule has 0 unspecified atom stereocenters. The fourth-order valence-electron chi connectivity index (χ4n) is 2.23. The number of fused-ring (bicyclic) bond motifs is 1. The molecule has 0 radical (unpaired) electrons. The number of benzene rings is 2. The molecule has 1 aliphatic rings. The van der Waals surface area contributed by atoms with Gasteiger partial charge in [-0.15, -0.1) is 0 Å². The first-order valence-corrected chi connectivity index (χ1v) is 5.96. The Bertz CT molecular complexity index is 508. The average molecular weight is 225 g/mol. The number of para-hydroxylation sites is 1. The Labute approximate surface area is 101 Å². The van der Waals surface area contributed by atoms with Crippen LogP contribution in [0.2, 0.25) is 0 Å². The lowest BCUT2D eigenvalue weighted by Crippen LogP contribution is -1.98. The minimum absolute atomic E-state index is 0.648. The molecule has 0 saturated heterocycles. The third-order valence-electron chi connectivity index (χ3n) is 3.10. The maximum absolute atomic E-state index is 5.79. The molecular formula is C15H15NO. The molecule has 3 rings (SSSR count). The highest BCUT2D eigenvalue weighted by Crippen LogP contribution is 2.26. The zero-order valence-electron chi connectivity index (χ0n) is 9.65. The van der Waals surface area contributed by atoms with E-state index in [1.54, 1.807) is 0 Å². The largest absolute Gasteiger partial charge is 0.489 e. The number of nitrogens with one attached hydrogen (secondary N) is 1. The third-order valence-corrected chi connectivity index (χ3v) is 3.10. The van der Waals surface area contributed by atoms with E-state index in [1.807, 2.05) is 30.3 Å². The fourth-order valence-corrected chi connectivity index (χ4v) is 2.23. The Morgan fingerprint density at radius 1 is 1.00 bits per heavy atom. The number of rotatable bonds is 3. The molecule has 0 amide bonds. The van der Waals surface area contributed by atoms with E-state index < -0.39 is 0 Å². The van der Waals surface area contributed by atoms with Crippen molar-refractivity contribution in [2.45, 2.75) is 13.0 Å². The van der Waals surface area contributed by atoms with Crippen LogP contribution in [0.1, 0.15) is 11.1 Å². The van der Waals surface area contributed by atoms with Crippen LogP contribution in [0, 0.1) is 0 Å². The summed E-state index contributed by atoms with van der Waals surface area (Å²) >= 11 is 0. The first kappa shape index (κ1) is 10.2. The maximum Gasteiger partial charge on any atom is 0.119 e. The maximum atomic E-state index is 5.79. The van der Waals surface area contributed by atoms with Crippen LogP contribution in [0.15, 0.2) is 48.5 Å². The van der Waals surface area contributed by atoms with Crippen molar-refractivity contribution in [1.29, 1.82) is 0 Å². The normalized spacial score (nSPS) is 12.9. The van der Waals surface area contributed by atoms with E-state index in [0.29, 0.717) is 6.61 Å². The predicted molar refractivity (Wildman–Crippen MR) is 69.4 cm³/mol. The highest BCUT2D eigenvalue weighted by atomic mass is 16.5. The second-order valence-electron chi connectivity index (χ2n) is 4.22. The summed E-state index contributed by atoms with van der Waals surface area (Å²) in [5, 5.41) is 3.38. The van der Waals surface area contributed by atoms with Gasteiger partial charge in [0.2, 0.25) is 0 Å². The summed E-state index contributed by atoms with van der Waals surface area (Å²) in [6, 6.07) is 16.3. The lowest BCUT2D eigenvalue weighted by molar-refractivity contribution is 0.305. The highest BCUT2D eigenvalue weighted by molar-refractivity contribution is 5.58. The van der Waals surface area contributed by atoms with Crippen LogP contribution >= 0.6 is 0 Å². The van der Waals surface area contributed by atoms with E-state index in [2.05, 4.69) is 23.5 Å². The van der Waals surface area contributed by atoms with Crippen LogP contribution in [0.4, 0.5) is 5.69 Å².